The Hall–Kier alpha value is 0.835. The van der Waals surface area contributed by atoms with Gasteiger partial charge in [-0.3, -0.25) is 0 Å². The maximum absolute atomic E-state index is 9.33. The van der Waals surface area contributed by atoms with E-state index in [-0.39, 0.29) is 37.7 Å². The van der Waals surface area contributed by atoms with Crippen LogP contribution in [0.2, 0.25) is 0 Å². The average molecular weight is 123 g/mol. The van der Waals surface area contributed by atoms with Gasteiger partial charge in [-0.1, -0.05) is 0 Å². The zero-order chi connectivity index (χ0) is 5.21. The van der Waals surface area contributed by atoms with Gasteiger partial charge in [-0.2, -0.15) is 5.26 Å². The van der Waals surface area contributed by atoms with Gasteiger partial charge in [0.05, 0.1) is 0 Å². The molecule has 0 fully saturated rings. The van der Waals surface area contributed by atoms with Crippen molar-refractivity contribution in [1.82, 2.24) is 0 Å². The first kappa shape index (κ1) is 15.9. The van der Waals surface area contributed by atoms with Crippen LogP contribution in [0.1, 0.15) is 0 Å². The topological polar surface area (TPSA) is 81.3 Å². The van der Waals surface area contributed by atoms with Crippen LogP contribution in [0.15, 0.2) is 0 Å². The molecular formula is CH4Li2NO3P. The molecule has 0 aromatic heterocycles. The van der Waals surface area contributed by atoms with Crippen molar-refractivity contribution in [2.24, 2.45) is 0 Å². The van der Waals surface area contributed by atoms with Crippen LogP contribution in [-0.2, 0) is 4.57 Å². The van der Waals surface area contributed by atoms with Crippen LogP contribution in [0.3, 0.4) is 0 Å². The summed E-state index contributed by atoms with van der Waals surface area (Å²) >= 11 is 0. The van der Waals surface area contributed by atoms with Crippen molar-refractivity contribution < 1.29 is 14.4 Å². The van der Waals surface area contributed by atoms with Crippen molar-refractivity contribution in [2.45, 2.75) is 0 Å². The fourth-order valence-electron chi connectivity index (χ4n) is 0. The molecule has 0 atom stereocenters. The van der Waals surface area contributed by atoms with E-state index < -0.39 is 7.60 Å². The van der Waals surface area contributed by atoms with Crippen molar-refractivity contribution in [3.63, 3.8) is 0 Å². The molecule has 0 aromatic carbocycles. The van der Waals surface area contributed by atoms with Crippen molar-refractivity contribution in [3.8, 4) is 5.81 Å². The zero-order valence-electron chi connectivity index (χ0n) is 2.70. The van der Waals surface area contributed by atoms with Crippen LogP contribution in [-0.4, -0.2) is 47.5 Å². The third kappa shape index (κ3) is 15.8. The maximum atomic E-state index is 9.33. The first-order valence-corrected chi connectivity index (χ1v) is 2.64. The number of nitriles is 1. The van der Waals surface area contributed by atoms with Gasteiger partial charge in [0, 0.05) is 0 Å². The number of nitrogens with zero attached hydrogens (tertiary/aromatic N) is 1. The molecule has 8 heavy (non-hydrogen) atoms. The molecule has 0 aliphatic carbocycles. The number of hydrogen-bond donors (Lipinski definition) is 2. The molecule has 4 nitrogen and oxygen atoms in total. The van der Waals surface area contributed by atoms with E-state index in [1.165, 1.54) is 0 Å². The van der Waals surface area contributed by atoms with Gasteiger partial charge >= 0.3 is 45.3 Å². The molecule has 0 radical (unpaired) electrons. The Morgan fingerprint density at radius 3 is 1.50 bits per heavy atom. The predicted molar refractivity (Wildman–Crippen MR) is 32.0 cm³/mol. The molecule has 0 unspecified atom stereocenters. The number of rotatable bonds is 0. The molecule has 0 spiro atoms. The Morgan fingerprint density at radius 2 is 1.50 bits per heavy atom. The van der Waals surface area contributed by atoms with Crippen LogP contribution < -0.4 is 0 Å². The summed E-state index contributed by atoms with van der Waals surface area (Å²) in [7, 11) is -4.34. The molecule has 7 heteroatoms. The molecular weight excluding hydrogens is 119 g/mol. The molecule has 0 rings (SSSR count). The second kappa shape index (κ2) is 5.96. The zero-order valence-corrected chi connectivity index (χ0v) is 3.59. The molecule has 38 valence electrons. The Morgan fingerprint density at radius 1 is 1.38 bits per heavy atom. The Labute approximate surface area is 70.8 Å². The van der Waals surface area contributed by atoms with Crippen LogP contribution in [0.25, 0.3) is 0 Å². The van der Waals surface area contributed by atoms with E-state index in [0.29, 0.717) is 0 Å². The molecule has 0 bridgehead atoms. The normalized spacial score (nSPS) is 7.62. The summed E-state index contributed by atoms with van der Waals surface area (Å²) < 4.78 is 9.33. The monoisotopic (exact) mass is 123 g/mol. The van der Waals surface area contributed by atoms with Gasteiger partial charge in [-0.15, -0.1) is 0 Å². The van der Waals surface area contributed by atoms with E-state index in [0.717, 1.165) is 5.81 Å². The van der Waals surface area contributed by atoms with E-state index >= 15 is 0 Å². The van der Waals surface area contributed by atoms with Gasteiger partial charge in [-0.05, 0) is 0 Å². The minimum absolute atomic E-state index is 0. The minimum atomic E-state index is -4.34. The Kier molecular flexibility index (Phi) is 11.9. The summed E-state index contributed by atoms with van der Waals surface area (Å²) in [5, 5.41) is 7.39. The van der Waals surface area contributed by atoms with E-state index in [9.17, 15) is 4.57 Å². The molecule has 0 aliphatic heterocycles. The summed E-state index contributed by atoms with van der Waals surface area (Å²) in [6.07, 6.45) is 0. The van der Waals surface area contributed by atoms with E-state index in [1.807, 2.05) is 0 Å². The summed E-state index contributed by atoms with van der Waals surface area (Å²) in [5.41, 5.74) is 0. The van der Waals surface area contributed by atoms with Gasteiger partial charge in [-0.25, -0.2) is 4.57 Å². The molecule has 0 saturated heterocycles. The fourth-order valence-corrected chi connectivity index (χ4v) is 0. The van der Waals surface area contributed by atoms with Crippen molar-refractivity contribution in [2.75, 3.05) is 0 Å². The van der Waals surface area contributed by atoms with Crippen molar-refractivity contribution in [1.29, 1.82) is 5.26 Å². The number of hydrogen-bond acceptors (Lipinski definition) is 2. The second-order valence-corrected chi connectivity index (χ2v) is 1.93. The van der Waals surface area contributed by atoms with Gasteiger partial charge < -0.3 is 9.79 Å². The summed E-state index contributed by atoms with van der Waals surface area (Å²) in [6, 6.07) is 0. The summed E-state index contributed by atoms with van der Waals surface area (Å²) in [4.78, 5) is 15.2. The SMILES string of the molecule is N#CP(=O)(O)O.[LiH].[LiH]. The third-order valence-electron chi connectivity index (χ3n) is 0.130. The molecule has 2 N–H and O–H groups in total. The van der Waals surface area contributed by atoms with Crippen LogP contribution in [0.4, 0.5) is 0 Å². The van der Waals surface area contributed by atoms with Gasteiger partial charge in [0.1, 0.15) is 0 Å². The average Bonchev–Trinajstić information content (AvgIpc) is 1.35. The molecule has 0 saturated carbocycles. The molecule has 0 aromatic rings. The first-order valence-electron chi connectivity index (χ1n) is 1.03. The fraction of sp³-hybridized carbons (Fsp3) is 0. The van der Waals surface area contributed by atoms with E-state index in [1.54, 1.807) is 0 Å². The van der Waals surface area contributed by atoms with Crippen molar-refractivity contribution in [3.05, 3.63) is 0 Å². The van der Waals surface area contributed by atoms with Gasteiger partial charge in [0.15, 0.2) is 5.81 Å². The van der Waals surface area contributed by atoms with Crippen LogP contribution >= 0.6 is 7.60 Å². The predicted octanol–water partition coefficient (Wildman–Crippen LogP) is -1.65. The van der Waals surface area contributed by atoms with Crippen molar-refractivity contribution >= 4 is 45.3 Å². The quantitative estimate of drug-likeness (QED) is 0.298. The third-order valence-corrected chi connectivity index (χ3v) is 0.391. The molecule has 0 aliphatic rings. The molecule has 0 amide bonds. The van der Waals surface area contributed by atoms with Gasteiger partial charge in [0.25, 0.3) is 0 Å². The summed E-state index contributed by atoms with van der Waals surface area (Å²) in [5.74, 6) is 0.771. The van der Waals surface area contributed by atoms with Gasteiger partial charge in [0.2, 0.25) is 0 Å². The van der Waals surface area contributed by atoms with E-state index in [2.05, 4.69) is 0 Å². The standard InChI is InChI=1S/CH2NO3P.2Li.2H/c2-1-6(3,4)5;;;;/h(H2,3,4,5);;;;. The Balaban J connectivity index is -0.000000125. The first-order chi connectivity index (χ1) is 2.56. The van der Waals surface area contributed by atoms with Crippen LogP contribution in [0, 0.1) is 11.1 Å². The second-order valence-electron chi connectivity index (χ2n) is 0.644. The van der Waals surface area contributed by atoms with E-state index in [4.69, 9.17) is 15.0 Å². The van der Waals surface area contributed by atoms with Crippen LogP contribution in [0.5, 0.6) is 0 Å². The molecule has 0 heterocycles. The Bertz CT molecular complexity index is 124. The summed E-state index contributed by atoms with van der Waals surface area (Å²) in [6.45, 7) is 0.